The van der Waals surface area contributed by atoms with Crippen LogP contribution in [0.4, 0.5) is 0 Å². The zero-order valence-electron chi connectivity index (χ0n) is 9.77. The molecule has 0 N–H and O–H groups in total. The number of nitrogens with zero attached hydrogens (tertiary/aromatic N) is 1. The Morgan fingerprint density at radius 1 is 1.17 bits per heavy atom. The van der Waals surface area contributed by atoms with Crippen molar-refractivity contribution in [2.45, 2.75) is 12.3 Å². The zero-order chi connectivity index (χ0) is 12.8. The SMILES string of the molecule is ClCc1cccc(Cl)c1OCCc1cccnc1. The number of alkyl halides is 1. The molecule has 0 saturated heterocycles. The van der Waals surface area contributed by atoms with E-state index in [2.05, 4.69) is 4.98 Å². The normalized spacial score (nSPS) is 10.3. The van der Waals surface area contributed by atoms with Gasteiger partial charge in [-0.15, -0.1) is 11.6 Å². The average molecular weight is 282 g/mol. The molecule has 0 atom stereocenters. The van der Waals surface area contributed by atoms with Crippen molar-refractivity contribution in [1.29, 1.82) is 0 Å². The van der Waals surface area contributed by atoms with Crippen LogP contribution in [0.1, 0.15) is 11.1 Å². The Hall–Kier alpha value is -1.25. The van der Waals surface area contributed by atoms with E-state index >= 15 is 0 Å². The molecule has 0 unspecified atom stereocenters. The van der Waals surface area contributed by atoms with E-state index in [0.717, 1.165) is 17.5 Å². The third kappa shape index (κ3) is 3.37. The summed E-state index contributed by atoms with van der Waals surface area (Å²) in [5, 5.41) is 0.597. The molecule has 0 amide bonds. The predicted octanol–water partition coefficient (Wildman–Crippen LogP) is 4.10. The maximum Gasteiger partial charge on any atom is 0.142 e. The summed E-state index contributed by atoms with van der Waals surface area (Å²) < 4.78 is 5.72. The number of para-hydroxylation sites is 1. The minimum absolute atomic E-state index is 0.392. The van der Waals surface area contributed by atoms with E-state index in [1.807, 2.05) is 30.5 Å². The van der Waals surface area contributed by atoms with Crippen LogP contribution in [0.2, 0.25) is 5.02 Å². The number of benzene rings is 1. The summed E-state index contributed by atoms with van der Waals surface area (Å²) >= 11 is 11.9. The van der Waals surface area contributed by atoms with Gasteiger partial charge in [-0.3, -0.25) is 4.98 Å². The van der Waals surface area contributed by atoms with E-state index in [1.165, 1.54) is 0 Å². The van der Waals surface area contributed by atoms with E-state index < -0.39 is 0 Å². The lowest BCUT2D eigenvalue weighted by molar-refractivity contribution is 0.319. The van der Waals surface area contributed by atoms with Crippen LogP contribution in [0.3, 0.4) is 0 Å². The van der Waals surface area contributed by atoms with Crippen LogP contribution in [-0.2, 0) is 12.3 Å². The lowest BCUT2D eigenvalue weighted by atomic mass is 10.2. The topological polar surface area (TPSA) is 22.1 Å². The molecule has 0 aliphatic carbocycles. The first kappa shape index (κ1) is 13.2. The first-order valence-corrected chi connectivity index (χ1v) is 6.57. The second-order valence-electron chi connectivity index (χ2n) is 3.82. The maximum atomic E-state index is 6.09. The van der Waals surface area contributed by atoms with Crippen molar-refractivity contribution >= 4 is 23.2 Å². The second kappa shape index (κ2) is 6.62. The third-order valence-electron chi connectivity index (χ3n) is 2.55. The van der Waals surface area contributed by atoms with Gasteiger partial charge >= 0.3 is 0 Å². The Morgan fingerprint density at radius 3 is 2.78 bits per heavy atom. The lowest BCUT2D eigenvalue weighted by Crippen LogP contribution is -2.03. The van der Waals surface area contributed by atoms with Crippen LogP contribution in [0.5, 0.6) is 5.75 Å². The fraction of sp³-hybridized carbons (Fsp3) is 0.214. The highest BCUT2D eigenvalue weighted by Crippen LogP contribution is 2.29. The van der Waals surface area contributed by atoms with Gasteiger partial charge in [-0.25, -0.2) is 0 Å². The van der Waals surface area contributed by atoms with Crippen molar-refractivity contribution in [1.82, 2.24) is 4.98 Å². The van der Waals surface area contributed by atoms with Crippen molar-refractivity contribution in [3.05, 3.63) is 58.9 Å². The second-order valence-corrected chi connectivity index (χ2v) is 4.50. The van der Waals surface area contributed by atoms with Gasteiger partial charge in [0.15, 0.2) is 0 Å². The summed E-state index contributed by atoms with van der Waals surface area (Å²) in [6.45, 7) is 0.555. The van der Waals surface area contributed by atoms with Gasteiger partial charge in [0.05, 0.1) is 17.5 Å². The Balaban J connectivity index is 1.98. The van der Waals surface area contributed by atoms with Gasteiger partial charge in [0.25, 0.3) is 0 Å². The molecule has 94 valence electrons. The van der Waals surface area contributed by atoms with Crippen LogP contribution in [0, 0.1) is 0 Å². The fourth-order valence-corrected chi connectivity index (χ4v) is 2.10. The van der Waals surface area contributed by atoms with E-state index in [9.17, 15) is 0 Å². The maximum absolute atomic E-state index is 6.09. The number of ether oxygens (including phenoxy) is 1. The predicted molar refractivity (Wildman–Crippen MR) is 74.4 cm³/mol. The van der Waals surface area contributed by atoms with Crippen LogP contribution in [0.15, 0.2) is 42.7 Å². The van der Waals surface area contributed by atoms with Crippen molar-refractivity contribution < 1.29 is 4.74 Å². The standard InChI is InChI=1S/C14H13Cl2NO/c15-9-12-4-1-5-13(16)14(12)18-8-6-11-3-2-7-17-10-11/h1-5,7,10H,6,8-9H2. The lowest BCUT2D eigenvalue weighted by Gasteiger charge is -2.11. The summed E-state index contributed by atoms with van der Waals surface area (Å²) in [5.41, 5.74) is 2.05. The molecule has 0 fully saturated rings. The van der Waals surface area contributed by atoms with Gasteiger partial charge in [-0.2, -0.15) is 0 Å². The molecule has 18 heavy (non-hydrogen) atoms. The monoisotopic (exact) mass is 281 g/mol. The van der Waals surface area contributed by atoms with Crippen molar-refractivity contribution in [3.8, 4) is 5.75 Å². The van der Waals surface area contributed by atoms with Crippen molar-refractivity contribution in [2.75, 3.05) is 6.61 Å². The Bertz CT molecular complexity index is 502. The molecule has 2 aromatic rings. The van der Waals surface area contributed by atoms with E-state index in [1.54, 1.807) is 12.3 Å². The first-order valence-electron chi connectivity index (χ1n) is 5.66. The van der Waals surface area contributed by atoms with Crippen LogP contribution < -0.4 is 4.74 Å². The molecule has 0 bridgehead atoms. The largest absolute Gasteiger partial charge is 0.491 e. The summed E-state index contributed by atoms with van der Waals surface area (Å²) in [4.78, 5) is 4.06. The molecule has 0 saturated carbocycles. The van der Waals surface area contributed by atoms with Gasteiger partial charge in [0.1, 0.15) is 5.75 Å². The summed E-state index contributed by atoms with van der Waals surface area (Å²) in [5.74, 6) is 1.07. The van der Waals surface area contributed by atoms with Gasteiger partial charge in [-0.05, 0) is 17.7 Å². The third-order valence-corrected chi connectivity index (χ3v) is 3.14. The molecule has 0 aliphatic rings. The smallest absolute Gasteiger partial charge is 0.142 e. The zero-order valence-corrected chi connectivity index (χ0v) is 11.3. The number of aromatic nitrogens is 1. The highest BCUT2D eigenvalue weighted by molar-refractivity contribution is 6.32. The van der Waals surface area contributed by atoms with E-state index in [4.69, 9.17) is 27.9 Å². The molecule has 2 nitrogen and oxygen atoms in total. The van der Waals surface area contributed by atoms with Gasteiger partial charge in [-0.1, -0.05) is 29.8 Å². The summed E-state index contributed by atoms with van der Waals surface area (Å²) in [7, 11) is 0. The van der Waals surface area contributed by atoms with Crippen LogP contribution in [0.25, 0.3) is 0 Å². The summed E-state index contributed by atoms with van der Waals surface area (Å²) in [6, 6.07) is 9.52. The van der Waals surface area contributed by atoms with Crippen LogP contribution in [-0.4, -0.2) is 11.6 Å². The van der Waals surface area contributed by atoms with Crippen LogP contribution >= 0.6 is 23.2 Å². The molecular formula is C14H13Cl2NO. The first-order chi connectivity index (χ1) is 8.81. The summed E-state index contributed by atoms with van der Waals surface area (Å²) in [6.07, 6.45) is 4.38. The minimum atomic E-state index is 0.392. The highest BCUT2D eigenvalue weighted by Gasteiger charge is 2.07. The molecule has 0 aliphatic heterocycles. The Morgan fingerprint density at radius 2 is 2.06 bits per heavy atom. The van der Waals surface area contributed by atoms with E-state index in [-0.39, 0.29) is 0 Å². The minimum Gasteiger partial charge on any atom is -0.491 e. The molecule has 1 aromatic carbocycles. The van der Waals surface area contributed by atoms with E-state index in [0.29, 0.717) is 23.3 Å². The molecule has 1 aromatic heterocycles. The molecule has 4 heteroatoms. The molecule has 0 radical (unpaired) electrons. The van der Waals surface area contributed by atoms with Gasteiger partial charge in [0, 0.05) is 24.4 Å². The van der Waals surface area contributed by atoms with Gasteiger partial charge in [0.2, 0.25) is 0 Å². The Kier molecular flexibility index (Phi) is 4.85. The van der Waals surface area contributed by atoms with Crippen molar-refractivity contribution in [3.63, 3.8) is 0 Å². The number of pyridine rings is 1. The molecule has 1 heterocycles. The number of hydrogen-bond acceptors (Lipinski definition) is 2. The fourth-order valence-electron chi connectivity index (χ4n) is 1.64. The molecule has 2 rings (SSSR count). The average Bonchev–Trinajstić information content (AvgIpc) is 2.41. The molecular weight excluding hydrogens is 269 g/mol. The Labute approximate surface area is 117 Å². The number of hydrogen-bond donors (Lipinski definition) is 0. The quantitative estimate of drug-likeness (QED) is 0.770. The van der Waals surface area contributed by atoms with Crippen molar-refractivity contribution in [2.24, 2.45) is 0 Å². The number of halogens is 2. The van der Waals surface area contributed by atoms with Gasteiger partial charge < -0.3 is 4.74 Å². The molecule has 0 spiro atoms. The highest BCUT2D eigenvalue weighted by atomic mass is 35.5. The number of rotatable bonds is 5.